The number of hydrogen-bond acceptors (Lipinski definition) is 2. The average molecular weight is 241 g/mol. The first kappa shape index (κ1) is 11.3. The summed E-state index contributed by atoms with van der Waals surface area (Å²) >= 11 is 0. The highest BCUT2D eigenvalue weighted by atomic mass is 15.3. The van der Waals surface area contributed by atoms with Crippen molar-refractivity contribution in [1.29, 1.82) is 0 Å². The van der Waals surface area contributed by atoms with Crippen LogP contribution in [0.2, 0.25) is 0 Å². The van der Waals surface area contributed by atoms with Crippen LogP contribution in [0.5, 0.6) is 0 Å². The standard InChI is InChI=1S/C15H19N3/c1-10-5-3-8-12(9-10)13-14(11-6-4-7-11)17-18(2)15(13)16/h3,5,8-9,11H,4,6-7,16H2,1-2H3. The molecule has 0 atom stereocenters. The van der Waals surface area contributed by atoms with Crippen molar-refractivity contribution in [2.75, 3.05) is 5.73 Å². The van der Waals surface area contributed by atoms with Crippen LogP contribution in [-0.2, 0) is 7.05 Å². The van der Waals surface area contributed by atoms with Crippen LogP contribution in [0.15, 0.2) is 24.3 Å². The van der Waals surface area contributed by atoms with Crippen LogP contribution in [0.4, 0.5) is 5.82 Å². The van der Waals surface area contributed by atoms with Gasteiger partial charge in [0.05, 0.1) is 5.69 Å². The largest absolute Gasteiger partial charge is 0.383 e. The summed E-state index contributed by atoms with van der Waals surface area (Å²) in [5.74, 6) is 1.38. The van der Waals surface area contributed by atoms with E-state index in [0.29, 0.717) is 5.92 Å². The second-order valence-electron chi connectivity index (χ2n) is 5.27. The Hall–Kier alpha value is -1.77. The second kappa shape index (κ2) is 4.16. The van der Waals surface area contributed by atoms with Gasteiger partial charge in [-0.25, -0.2) is 0 Å². The van der Waals surface area contributed by atoms with Crippen LogP contribution in [0.3, 0.4) is 0 Å². The number of aromatic nitrogens is 2. The number of rotatable bonds is 2. The quantitative estimate of drug-likeness (QED) is 0.877. The van der Waals surface area contributed by atoms with Crippen molar-refractivity contribution in [3.05, 3.63) is 35.5 Å². The average Bonchev–Trinajstić information content (AvgIpc) is 2.53. The molecule has 0 saturated heterocycles. The van der Waals surface area contributed by atoms with Crippen molar-refractivity contribution in [3.63, 3.8) is 0 Å². The third kappa shape index (κ3) is 1.70. The Kier molecular flexibility index (Phi) is 2.62. The lowest BCUT2D eigenvalue weighted by atomic mass is 9.80. The van der Waals surface area contributed by atoms with Gasteiger partial charge in [0, 0.05) is 18.5 Å². The summed E-state index contributed by atoms with van der Waals surface area (Å²) in [6, 6.07) is 8.51. The van der Waals surface area contributed by atoms with E-state index in [-0.39, 0.29) is 0 Å². The van der Waals surface area contributed by atoms with Gasteiger partial charge in [-0.3, -0.25) is 4.68 Å². The van der Waals surface area contributed by atoms with Gasteiger partial charge in [-0.2, -0.15) is 5.10 Å². The molecule has 3 nitrogen and oxygen atoms in total. The molecule has 1 fully saturated rings. The van der Waals surface area contributed by atoms with Crippen molar-refractivity contribution in [2.24, 2.45) is 7.05 Å². The Balaban J connectivity index is 2.14. The maximum absolute atomic E-state index is 6.20. The first-order valence-electron chi connectivity index (χ1n) is 6.56. The smallest absolute Gasteiger partial charge is 0.129 e. The molecule has 0 amide bonds. The van der Waals surface area contributed by atoms with E-state index in [9.17, 15) is 0 Å². The van der Waals surface area contributed by atoms with Crippen LogP contribution in [0.1, 0.15) is 36.4 Å². The molecule has 0 spiro atoms. The lowest BCUT2D eigenvalue weighted by Gasteiger charge is -2.24. The van der Waals surface area contributed by atoms with E-state index >= 15 is 0 Å². The third-order valence-corrected chi connectivity index (χ3v) is 3.92. The van der Waals surface area contributed by atoms with Gasteiger partial charge in [0.25, 0.3) is 0 Å². The molecular weight excluding hydrogens is 222 g/mol. The molecule has 1 aliphatic carbocycles. The van der Waals surface area contributed by atoms with Gasteiger partial charge in [0.1, 0.15) is 5.82 Å². The lowest BCUT2D eigenvalue weighted by Crippen LogP contribution is -2.10. The molecule has 18 heavy (non-hydrogen) atoms. The first-order chi connectivity index (χ1) is 8.66. The Labute approximate surface area is 108 Å². The fourth-order valence-electron chi connectivity index (χ4n) is 2.62. The Morgan fingerprint density at radius 1 is 1.33 bits per heavy atom. The number of nitrogens with zero attached hydrogens (tertiary/aromatic N) is 2. The second-order valence-corrected chi connectivity index (χ2v) is 5.27. The highest BCUT2D eigenvalue weighted by Gasteiger charge is 2.27. The van der Waals surface area contributed by atoms with Crippen LogP contribution >= 0.6 is 0 Å². The van der Waals surface area contributed by atoms with Crippen molar-refractivity contribution in [2.45, 2.75) is 32.1 Å². The van der Waals surface area contributed by atoms with Gasteiger partial charge >= 0.3 is 0 Å². The topological polar surface area (TPSA) is 43.8 Å². The van der Waals surface area contributed by atoms with E-state index in [1.165, 1.54) is 36.1 Å². The Bertz CT molecular complexity index is 579. The van der Waals surface area contributed by atoms with E-state index in [0.717, 1.165) is 11.4 Å². The molecule has 0 radical (unpaired) electrons. The highest BCUT2D eigenvalue weighted by Crippen LogP contribution is 2.42. The van der Waals surface area contributed by atoms with Gasteiger partial charge < -0.3 is 5.73 Å². The van der Waals surface area contributed by atoms with Gasteiger partial charge in [0.2, 0.25) is 0 Å². The maximum atomic E-state index is 6.20. The molecular formula is C15H19N3. The SMILES string of the molecule is Cc1cccc(-c2c(C3CCC3)nn(C)c2N)c1. The summed E-state index contributed by atoms with van der Waals surface area (Å²) in [5.41, 5.74) is 11.0. The van der Waals surface area contributed by atoms with Crippen molar-refractivity contribution < 1.29 is 0 Å². The summed E-state index contributed by atoms with van der Waals surface area (Å²) in [5, 5.41) is 4.63. The van der Waals surface area contributed by atoms with E-state index in [4.69, 9.17) is 5.73 Å². The van der Waals surface area contributed by atoms with Crippen LogP contribution in [-0.4, -0.2) is 9.78 Å². The molecule has 0 unspecified atom stereocenters. The van der Waals surface area contributed by atoms with Crippen molar-refractivity contribution in [3.8, 4) is 11.1 Å². The molecule has 1 heterocycles. The number of aryl methyl sites for hydroxylation is 2. The minimum Gasteiger partial charge on any atom is -0.383 e. The highest BCUT2D eigenvalue weighted by molar-refractivity contribution is 5.77. The molecule has 1 aromatic heterocycles. The zero-order valence-electron chi connectivity index (χ0n) is 11.0. The summed E-state index contributed by atoms with van der Waals surface area (Å²) in [6.07, 6.45) is 3.80. The van der Waals surface area contributed by atoms with Crippen LogP contribution in [0.25, 0.3) is 11.1 Å². The minimum atomic E-state index is 0.601. The van der Waals surface area contributed by atoms with E-state index in [1.54, 1.807) is 0 Å². The fraction of sp³-hybridized carbons (Fsp3) is 0.400. The first-order valence-corrected chi connectivity index (χ1v) is 6.56. The molecule has 1 aliphatic rings. The lowest BCUT2D eigenvalue weighted by molar-refractivity contribution is 0.408. The van der Waals surface area contributed by atoms with E-state index in [1.807, 2.05) is 11.7 Å². The number of nitrogens with two attached hydrogens (primary N) is 1. The molecule has 2 aromatic rings. The van der Waals surface area contributed by atoms with Gasteiger partial charge in [-0.1, -0.05) is 36.2 Å². The Morgan fingerprint density at radius 2 is 2.11 bits per heavy atom. The van der Waals surface area contributed by atoms with Crippen molar-refractivity contribution >= 4 is 5.82 Å². The summed E-state index contributed by atoms with van der Waals surface area (Å²) < 4.78 is 1.81. The minimum absolute atomic E-state index is 0.601. The van der Waals surface area contributed by atoms with E-state index in [2.05, 4.69) is 36.3 Å². The number of nitrogen functional groups attached to an aromatic ring is 1. The molecule has 0 aliphatic heterocycles. The molecule has 2 N–H and O–H groups in total. The van der Waals surface area contributed by atoms with Gasteiger partial charge in [-0.05, 0) is 25.3 Å². The molecule has 0 bridgehead atoms. The maximum Gasteiger partial charge on any atom is 0.129 e. The summed E-state index contributed by atoms with van der Waals surface area (Å²) in [6.45, 7) is 2.11. The number of anilines is 1. The molecule has 94 valence electrons. The van der Waals surface area contributed by atoms with Crippen molar-refractivity contribution in [1.82, 2.24) is 9.78 Å². The van der Waals surface area contributed by atoms with Gasteiger partial charge in [0.15, 0.2) is 0 Å². The molecule has 3 heteroatoms. The zero-order chi connectivity index (χ0) is 12.7. The predicted molar refractivity (Wildman–Crippen MR) is 74.4 cm³/mol. The number of benzene rings is 1. The monoisotopic (exact) mass is 241 g/mol. The van der Waals surface area contributed by atoms with Gasteiger partial charge in [-0.15, -0.1) is 0 Å². The molecule has 1 saturated carbocycles. The predicted octanol–water partition coefficient (Wildman–Crippen LogP) is 3.25. The van der Waals surface area contributed by atoms with E-state index < -0.39 is 0 Å². The van der Waals surface area contributed by atoms with Crippen LogP contribution < -0.4 is 5.73 Å². The Morgan fingerprint density at radius 3 is 2.72 bits per heavy atom. The van der Waals surface area contributed by atoms with Crippen LogP contribution in [0, 0.1) is 6.92 Å². The third-order valence-electron chi connectivity index (χ3n) is 3.92. The fourth-order valence-corrected chi connectivity index (χ4v) is 2.62. The summed E-state index contributed by atoms with van der Waals surface area (Å²) in [7, 11) is 1.93. The number of hydrogen-bond donors (Lipinski definition) is 1. The normalized spacial score (nSPS) is 15.7. The zero-order valence-corrected chi connectivity index (χ0v) is 11.0. The summed E-state index contributed by atoms with van der Waals surface area (Å²) in [4.78, 5) is 0. The molecule has 1 aromatic carbocycles. The molecule has 3 rings (SSSR count).